The lowest BCUT2D eigenvalue weighted by Gasteiger charge is -2.41. The maximum atomic E-state index is 13.7. The van der Waals surface area contributed by atoms with Crippen LogP contribution in [0.2, 0.25) is 0 Å². The fourth-order valence-corrected chi connectivity index (χ4v) is 5.20. The van der Waals surface area contributed by atoms with Crippen molar-refractivity contribution in [2.75, 3.05) is 57.3 Å². The van der Waals surface area contributed by atoms with Gasteiger partial charge in [-0.1, -0.05) is 30.3 Å². The second kappa shape index (κ2) is 9.11. The van der Waals surface area contributed by atoms with Gasteiger partial charge in [0.05, 0.1) is 12.5 Å². The summed E-state index contributed by atoms with van der Waals surface area (Å²) in [5.41, 5.74) is 0.952. The standard InChI is InChI=1S/C25H29FN4O3/c26-20-6-8-21(9-7-20)29-11-13-30(14-12-29)23(31)22-17-28(16-19-4-2-1-3-5-19)18-25(22)24(32)27-10-15-33-25/h1-9,22H,10-18H2,(H,27,32)/t22-,25-/m1/s1. The number of anilines is 1. The summed E-state index contributed by atoms with van der Waals surface area (Å²) in [4.78, 5) is 32.8. The molecule has 2 aromatic carbocycles. The lowest BCUT2D eigenvalue weighted by molar-refractivity contribution is -0.167. The van der Waals surface area contributed by atoms with E-state index in [1.165, 1.54) is 12.1 Å². The summed E-state index contributed by atoms with van der Waals surface area (Å²) < 4.78 is 19.3. The van der Waals surface area contributed by atoms with Gasteiger partial charge < -0.3 is 19.9 Å². The minimum atomic E-state index is -1.14. The van der Waals surface area contributed by atoms with Gasteiger partial charge in [-0.15, -0.1) is 0 Å². The van der Waals surface area contributed by atoms with E-state index in [0.29, 0.717) is 59.0 Å². The molecule has 2 aromatic rings. The van der Waals surface area contributed by atoms with Gasteiger partial charge >= 0.3 is 0 Å². The molecule has 0 aromatic heterocycles. The van der Waals surface area contributed by atoms with Crippen molar-refractivity contribution in [3.8, 4) is 0 Å². The molecule has 5 rings (SSSR count). The number of rotatable bonds is 4. The van der Waals surface area contributed by atoms with E-state index in [2.05, 4.69) is 27.2 Å². The molecule has 0 aliphatic carbocycles. The Hall–Kier alpha value is -2.97. The summed E-state index contributed by atoms with van der Waals surface area (Å²) in [6.07, 6.45) is 0. The van der Waals surface area contributed by atoms with Crippen molar-refractivity contribution in [1.29, 1.82) is 0 Å². The van der Waals surface area contributed by atoms with Gasteiger partial charge in [-0.2, -0.15) is 0 Å². The highest BCUT2D eigenvalue weighted by Crippen LogP contribution is 2.36. The van der Waals surface area contributed by atoms with Crippen molar-refractivity contribution in [2.24, 2.45) is 5.92 Å². The van der Waals surface area contributed by atoms with Crippen LogP contribution < -0.4 is 10.2 Å². The van der Waals surface area contributed by atoms with Crippen molar-refractivity contribution in [3.05, 3.63) is 66.0 Å². The van der Waals surface area contributed by atoms with Crippen molar-refractivity contribution in [2.45, 2.75) is 12.1 Å². The number of benzene rings is 2. The second-order valence-corrected chi connectivity index (χ2v) is 8.99. The Morgan fingerprint density at radius 1 is 1.06 bits per heavy atom. The Bertz CT molecular complexity index is 994. The lowest BCUT2D eigenvalue weighted by atomic mass is 9.87. The molecule has 3 fully saturated rings. The summed E-state index contributed by atoms with van der Waals surface area (Å²) in [6, 6.07) is 16.5. The third kappa shape index (κ3) is 4.32. The number of likely N-dealkylation sites (tertiary alicyclic amines) is 1. The first-order valence-electron chi connectivity index (χ1n) is 11.5. The van der Waals surface area contributed by atoms with Gasteiger partial charge in [-0.05, 0) is 29.8 Å². The summed E-state index contributed by atoms with van der Waals surface area (Å²) in [5.74, 6) is -1.02. The smallest absolute Gasteiger partial charge is 0.254 e. The first-order chi connectivity index (χ1) is 16.0. The highest BCUT2D eigenvalue weighted by atomic mass is 19.1. The first-order valence-corrected chi connectivity index (χ1v) is 11.5. The number of ether oxygens (including phenoxy) is 1. The molecule has 8 heteroatoms. The Morgan fingerprint density at radius 2 is 1.79 bits per heavy atom. The molecule has 0 saturated carbocycles. The van der Waals surface area contributed by atoms with Crippen LogP contribution in [0.25, 0.3) is 0 Å². The fourth-order valence-electron chi connectivity index (χ4n) is 5.20. The second-order valence-electron chi connectivity index (χ2n) is 8.99. The molecule has 0 bridgehead atoms. The van der Waals surface area contributed by atoms with E-state index in [-0.39, 0.29) is 17.6 Å². The monoisotopic (exact) mass is 452 g/mol. The van der Waals surface area contributed by atoms with Gasteiger partial charge in [0.1, 0.15) is 5.82 Å². The summed E-state index contributed by atoms with van der Waals surface area (Å²) >= 11 is 0. The number of carbonyl (C=O) groups excluding carboxylic acids is 2. The molecular weight excluding hydrogens is 423 g/mol. The third-order valence-corrected chi connectivity index (χ3v) is 6.92. The Balaban J connectivity index is 1.30. The largest absolute Gasteiger partial charge is 0.368 e. The highest BCUT2D eigenvalue weighted by Gasteiger charge is 2.58. The van der Waals surface area contributed by atoms with Crippen LogP contribution in [0, 0.1) is 11.7 Å². The predicted octanol–water partition coefficient (Wildman–Crippen LogP) is 1.49. The number of nitrogens with zero attached hydrogens (tertiary/aromatic N) is 3. The van der Waals surface area contributed by atoms with Gasteiger partial charge in [0.2, 0.25) is 5.91 Å². The average molecular weight is 453 g/mol. The maximum absolute atomic E-state index is 13.7. The van der Waals surface area contributed by atoms with E-state index in [4.69, 9.17) is 4.74 Å². The van der Waals surface area contributed by atoms with Gasteiger partial charge in [0.15, 0.2) is 5.60 Å². The van der Waals surface area contributed by atoms with Crippen LogP contribution >= 0.6 is 0 Å². The van der Waals surface area contributed by atoms with Gasteiger partial charge in [0.25, 0.3) is 5.91 Å². The van der Waals surface area contributed by atoms with Crippen LogP contribution in [-0.2, 0) is 20.9 Å². The van der Waals surface area contributed by atoms with E-state index < -0.39 is 11.5 Å². The minimum absolute atomic E-state index is 0.0265. The van der Waals surface area contributed by atoms with E-state index in [1.54, 1.807) is 12.1 Å². The zero-order chi connectivity index (χ0) is 22.8. The number of morpholine rings is 1. The van der Waals surface area contributed by atoms with Crippen LogP contribution in [0.3, 0.4) is 0 Å². The normalized spacial score (nSPS) is 26.0. The predicted molar refractivity (Wildman–Crippen MR) is 122 cm³/mol. The average Bonchev–Trinajstić information content (AvgIpc) is 3.20. The molecule has 0 unspecified atom stereocenters. The molecule has 174 valence electrons. The summed E-state index contributed by atoms with van der Waals surface area (Å²) in [6.45, 7) is 4.88. The van der Waals surface area contributed by atoms with E-state index >= 15 is 0 Å². The number of halogens is 1. The molecule has 3 saturated heterocycles. The van der Waals surface area contributed by atoms with E-state index in [1.807, 2.05) is 23.1 Å². The zero-order valence-corrected chi connectivity index (χ0v) is 18.6. The van der Waals surface area contributed by atoms with Crippen LogP contribution in [0.1, 0.15) is 5.56 Å². The first kappa shape index (κ1) is 21.9. The van der Waals surface area contributed by atoms with Crippen molar-refractivity contribution < 1.29 is 18.7 Å². The SMILES string of the molecule is O=C([C@H]1CN(Cc2ccccc2)C[C@@]12OCCNC2=O)N1CCN(c2ccc(F)cc2)CC1. The molecule has 7 nitrogen and oxygen atoms in total. The van der Waals surface area contributed by atoms with E-state index in [0.717, 1.165) is 11.3 Å². The molecule has 3 aliphatic rings. The van der Waals surface area contributed by atoms with Crippen molar-refractivity contribution in [3.63, 3.8) is 0 Å². The Morgan fingerprint density at radius 3 is 2.48 bits per heavy atom. The molecule has 3 aliphatic heterocycles. The van der Waals surface area contributed by atoms with Crippen molar-refractivity contribution >= 4 is 17.5 Å². The molecular formula is C25H29FN4O3. The fraction of sp³-hybridized carbons (Fsp3) is 0.440. The van der Waals surface area contributed by atoms with Gasteiger partial charge in [0, 0.05) is 58.0 Å². The lowest BCUT2D eigenvalue weighted by Crippen LogP contribution is -2.63. The molecule has 2 amide bonds. The summed E-state index contributed by atoms with van der Waals surface area (Å²) in [7, 11) is 0. The molecule has 33 heavy (non-hydrogen) atoms. The quantitative estimate of drug-likeness (QED) is 0.762. The maximum Gasteiger partial charge on any atom is 0.254 e. The summed E-state index contributed by atoms with van der Waals surface area (Å²) in [5, 5.41) is 2.92. The van der Waals surface area contributed by atoms with Crippen molar-refractivity contribution in [1.82, 2.24) is 15.1 Å². The van der Waals surface area contributed by atoms with Crippen LogP contribution in [-0.4, -0.2) is 79.6 Å². The molecule has 0 radical (unpaired) electrons. The Kier molecular flexibility index (Phi) is 6.03. The molecule has 3 heterocycles. The highest BCUT2D eigenvalue weighted by molar-refractivity contribution is 5.94. The number of piperazine rings is 1. The number of amides is 2. The number of hydrogen-bond acceptors (Lipinski definition) is 5. The number of carbonyl (C=O) groups is 2. The van der Waals surface area contributed by atoms with Crippen LogP contribution in [0.15, 0.2) is 54.6 Å². The van der Waals surface area contributed by atoms with Crippen LogP contribution in [0.5, 0.6) is 0 Å². The minimum Gasteiger partial charge on any atom is -0.368 e. The third-order valence-electron chi connectivity index (χ3n) is 6.92. The number of hydrogen-bond donors (Lipinski definition) is 1. The topological polar surface area (TPSA) is 65.1 Å². The molecule has 1 N–H and O–H groups in total. The van der Waals surface area contributed by atoms with Gasteiger partial charge in [-0.3, -0.25) is 14.5 Å². The molecule has 1 spiro atoms. The van der Waals surface area contributed by atoms with E-state index in [9.17, 15) is 14.0 Å². The number of nitrogens with one attached hydrogen (secondary N) is 1. The molecule has 2 atom stereocenters. The van der Waals surface area contributed by atoms with Crippen LogP contribution in [0.4, 0.5) is 10.1 Å². The Labute approximate surface area is 193 Å². The van der Waals surface area contributed by atoms with Gasteiger partial charge in [-0.25, -0.2) is 4.39 Å². The zero-order valence-electron chi connectivity index (χ0n) is 18.6.